The molecule has 0 amide bonds. The van der Waals surface area contributed by atoms with Gasteiger partial charge in [0, 0.05) is 0 Å². The molecule has 0 bridgehead atoms. The average Bonchev–Trinajstić information content (AvgIpc) is 2.42. The van der Waals surface area contributed by atoms with Crippen LogP contribution >= 0.6 is 0 Å². The summed E-state index contributed by atoms with van der Waals surface area (Å²) in [6.45, 7) is 0. The van der Waals surface area contributed by atoms with Gasteiger partial charge in [0.15, 0.2) is 0 Å². The standard InChI is InChI=1S/C9H2F14O2/c10-1(2(11)12)5(13,14)3(24)6(15,16)4(25)7(17,18)8(19,20)9(21,22)23/h1-2H. The van der Waals surface area contributed by atoms with E-state index < -0.39 is 54.0 Å². The molecule has 1 atom stereocenters. The van der Waals surface area contributed by atoms with E-state index >= 15 is 0 Å². The van der Waals surface area contributed by atoms with Crippen LogP contribution in [-0.2, 0) is 9.59 Å². The summed E-state index contributed by atoms with van der Waals surface area (Å²) in [5.41, 5.74) is 0. The molecule has 0 rings (SSSR count). The lowest BCUT2D eigenvalue weighted by Gasteiger charge is -2.30. The number of rotatable bonds is 7. The fourth-order valence-electron chi connectivity index (χ4n) is 1.11. The summed E-state index contributed by atoms with van der Waals surface area (Å²) in [6.07, 6.45) is -17.3. The van der Waals surface area contributed by atoms with Gasteiger partial charge in [-0.3, -0.25) is 9.59 Å². The molecule has 0 N–H and O–H groups in total. The zero-order chi connectivity index (χ0) is 20.8. The van der Waals surface area contributed by atoms with Crippen molar-refractivity contribution in [3.8, 4) is 0 Å². The van der Waals surface area contributed by atoms with Gasteiger partial charge in [0.2, 0.25) is 6.17 Å². The van der Waals surface area contributed by atoms with Crippen molar-refractivity contribution in [2.75, 3.05) is 0 Å². The van der Waals surface area contributed by atoms with E-state index in [0.29, 0.717) is 0 Å². The second kappa shape index (κ2) is 6.26. The lowest BCUT2D eigenvalue weighted by atomic mass is 9.94. The molecular formula is C9H2F14O2. The molecule has 0 aliphatic heterocycles. The van der Waals surface area contributed by atoms with Crippen molar-refractivity contribution in [1.82, 2.24) is 0 Å². The summed E-state index contributed by atoms with van der Waals surface area (Å²) in [5, 5.41) is 0. The first-order valence-electron chi connectivity index (χ1n) is 5.26. The first kappa shape index (κ1) is 23.4. The molecule has 0 aromatic carbocycles. The Kier molecular flexibility index (Phi) is 5.85. The van der Waals surface area contributed by atoms with Crippen LogP contribution in [0.4, 0.5) is 61.5 Å². The predicted octanol–water partition coefficient (Wildman–Crippen LogP) is 3.83. The highest BCUT2D eigenvalue weighted by Crippen LogP contribution is 2.49. The van der Waals surface area contributed by atoms with Crippen LogP contribution in [0.5, 0.6) is 0 Å². The number of carbonyl (C=O) groups is 2. The van der Waals surface area contributed by atoms with Crippen molar-refractivity contribution in [1.29, 1.82) is 0 Å². The number of ketones is 2. The largest absolute Gasteiger partial charge is 0.460 e. The molecule has 16 heteroatoms. The first-order chi connectivity index (χ1) is 10.7. The monoisotopic (exact) mass is 408 g/mol. The Bertz CT molecular complexity index is 533. The third-order valence-electron chi connectivity index (χ3n) is 2.48. The molecule has 0 saturated heterocycles. The Labute approximate surface area is 126 Å². The highest BCUT2D eigenvalue weighted by molar-refractivity contribution is 6.14. The molecule has 25 heavy (non-hydrogen) atoms. The van der Waals surface area contributed by atoms with Crippen molar-refractivity contribution >= 4 is 11.6 Å². The molecule has 0 radical (unpaired) electrons. The normalized spacial score (nSPS) is 16.1. The van der Waals surface area contributed by atoms with Gasteiger partial charge >= 0.3 is 29.9 Å². The minimum Gasteiger partial charge on any atom is -0.285 e. The van der Waals surface area contributed by atoms with Gasteiger partial charge in [0.1, 0.15) is 0 Å². The number of hydrogen-bond donors (Lipinski definition) is 0. The first-order valence-corrected chi connectivity index (χ1v) is 5.26. The van der Waals surface area contributed by atoms with Crippen molar-refractivity contribution < 1.29 is 71.1 Å². The maximum Gasteiger partial charge on any atom is 0.460 e. The maximum absolute atomic E-state index is 13.0. The summed E-state index contributed by atoms with van der Waals surface area (Å²) >= 11 is 0. The van der Waals surface area contributed by atoms with Crippen LogP contribution in [0.15, 0.2) is 0 Å². The van der Waals surface area contributed by atoms with E-state index in [9.17, 15) is 71.1 Å². The van der Waals surface area contributed by atoms with Crippen LogP contribution < -0.4 is 0 Å². The molecule has 0 aliphatic carbocycles. The molecule has 1 unspecified atom stereocenters. The van der Waals surface area contributed by atoms with Gasteiger partial charge < -0.3 is 0 Å². The number of halogens is 14. The van der Waals surface area contributed by atoms with Crippen molar-refractivity contribution in [2.24, 2.45) is 0 Å². The second-order valence-corrected chi connectivity index (χ2v) is 4.24. The lowest BCUT2D eigenvalue weighted by molar-refractivity contribution is -0.346. The zero-order valence-electron chi connectivity index (χ0n) is 10.8. The predicted molar refractivity (Wildman–Crippen MR) is 46.8 cm³/mol. The van der Waals surface area contributed by atoms with E-state index in [0.717, 1.165) is 0 Å². The van der Waals surface area contributed by atoms with Crippen LogP contribution in [0, 0.1) is 0 Å². The number of carbonyl (C=O) groups excluding carboxylic acids is 2. The summed E-state index contributed by atoms with van der Waals surface area (Å²) in [4.78, 5) is 21.1. The third-order valence-corrected chi connectivity index (χ3v) is 2.48. The molecular weight excluding hydrogens is 406 g/mol. The highest BCUT2D eigenvalue weighted by atomic mass is 19.4. The fourth-order valence-corrected chi connectivity index (χ4v) is 1.11. The van der Waals surface area contributed by atoms with Gasteiger partial charge in [0.05, 0.1) is 0 Å². The quantitative estimate of drug-likeness (QED) is 0.474. The Balaban J connectivity index is 6.03. The van der Waals surface area contributed by atoms with Crippen molar-refractivity contribution in [3.63, 3.8) is 0 Å². The fraction of sp³-hybridized carbons (Fsp3) is 0.778. The lowest BCUT2D eigenvalue weighted by Crippen LogP contribution is -2.64. The zero-order valence-corrected chi connectivity index (χ0v) is 10.8. The average molecular weight is 408 g/mol. The second-order valence-electron chi connectivity index (χ2n) is 4.24. The number of alkyl halides is 14. The summed E-state index contributed by atoms with van der Waals surface area (Å²) < 4.78 is 173. The van der Waals surface area contributed by atoms with E-state index in [1.165, 1.54) is 0 Å². The molecule has 2 nitrogen and oxygen atoms in total. The van der Waals surface area contributed by atoms with Crippen LogP contribution in [-0.4, -0.2) is 54.0 Å². The van der Waals surface area contributed by atoms with E-state index in [2.05, 4.69) is 0 Å². The maximum atomic E-state index is 13.0. The van der Waals surface area contributed by atoms with Gasteiger partial charge in [-0.1, -0.05) is 0 Å². The summed E-state index contributed by atoms with van der Waals surface area (Å²) in [6, 6.07) is 0. The van der Waals surface area contributed by atoms with Crippen LogP contribution in [0.25, 0.3) is 0 Å². The molecule has 0 aromatic heterocycles. The summed E-state index contributed by atoms with van der Waals surface area (Å²) in [5.74, 6) is -38.2. The van der Waals surface area contributed by atoms with E-state index in [4.69, 9.17) is 0 Å². The van der Waals surface area contributed by atoms with E-state index in [1.54, 1.807) is 0 Å². The van der Waals surface area contributed by atoms with Crippen LogP contribution in [0.2, 0.25) is 0 Å². The molecule has 148 valence electrons. The van der Waals surface area contributed by atoms with E-state index in [-0.39, 0.29) is 0 Å². The molecule has 0 aromatic rings. The Morgan fingerprint density at radius 1 is 0.640 bits per heavy atom. The van der Waals surface area contributed by atoms with Crippen LogP contribution in [0.1, 0.15) is 0 Å². The van der Waals surface area contributed by atoms with Gasteiger partial charge in [0.25, 0.3) is 18.0 Å². The minimum absolute atomic E-state index is 4.64. The highest BCUT2D eigenvalue weighted by Gasteiger charge is 2.81. The van der Waals surface area contributed by atoms with Crippen LogP contribution in [0.3, 0.4) is 0 Å². The SMILES string of the molecule is O=C(C(F)(F)C(=O)C(F)(F)C(F)(F)C(F)(F)F)C(F)(F)C(F)C(F)F. The Morgan fingerprint density at radius 3 is 1.28 bits per heavy atom. The van der Waals surface area contributed by atoms with Gasteiger partial charge in [-0.2, -0.15) is 48.3 Å². The number of hydrogen-bond acceptors (Lipinski definition) is 2. The van der Waals surface area contributed by atoms with Gasteiger partial charge in [-0.25, -0.2) is 13.2 Å². The van der Waals surface area contributed by atoms with E-state index in [1.807, 2.05) is 0 Å². The summed E-state index contributed by atoms with van der Waals surface area (Å²) in [7, 11) is 0. The minimum atomic E-state index is -7.55. The smallest absolute Gasteiger partial charge is 0.285 e. The van der Waals surface area contributed by atoms with Gasteiger partial charge in [-0.15, -0.1) is 0 Å². The molecule has 0 fully saturated rings. The molecule has 0 spiro atoms. The number of Topliss-reactive ketones (excluding diaryl/α,β-unsaturated/α-hetero) is 2. The molecule has 0 aliphatic rings. The van der Waals surface area contributed by atoms with Crippen molar-refractivity contribution in [2.45, 2.75) is 42.5 Å². The van der Waals surface area contributed by atoms with Gasteiger partial charge in [-0.05, 0) is 0 Å². The van der Waals surface area contributed by atoms with Crippen molar-refractivity contribution in [3.05, 3.63) is 0 Å². The third kappa shape index (κ3) is 3.65. The molecule has 0 saturated carbocycles. The topological polar surface area (TPSA) is 34.1 Å². The molecule has 0 heterocycles. The Hall–Kier alpha value is -1.64. The Morgan fingerprint density at radius 2 is 1.00 bits per heavy atom.